The number of fused-ring (bicyclic) bond motifs is 1. The fraction of sp³-hybridized carbons (Fsp3) is 0.452. The molecule has 1 saturated carbocycles. The minimum atomic E-state index is -4.73. The summed E-state index contributed by atoms with van der Waals surface area (Å²) in [4.78, 5) is 12.4. The minimum absolute atomic E-state index is 0.00217. The average Bonchev–Trinajstić information content (AvgIpc) is 3.45. The van der Waals surface area contributed by atoms with E-state index in [1.165, 1.54) is 25.1 Å². The van der Waals surface area contributed by atoms with E-state index in [-0.39, 0.29) is 29.7 Å². The molecular weight excluding hydrogens is 566 g/mol. The SMILES string of the molecule is C=C(C)C(=O)OC1CCC(Oc2ccc3cc(-c4ccc(CCCCC)cc4C(F)(F)F)sc3c2)C1(C)C(F)(F)F. The predicted molar refractivity (Wildman–Crippen MR) is 148 cm³/mol. The first kappa shape index (κ1) is 30.9. The summed E-state index contributed by atoms with van der Waals surface area (Å²) in [6.45, 7) is 7.81. The second kappa shape index (κ2) is 11.7. The van der Waals surface area contributed by atoms with Gasteiger partial charge in [0.1, 0.15) is 23.4 Å². The lowest BCUT2D eigenvalue weighted by Gasteiger charge is -2.37. The van der Waals surface area contributed by atoms with Crippen LogP contribution in [0.3, 0.4) is 0 Å². The summed E-state index contributed by atoms with van der Waals surface area (Å²) in [7, 11) is 0. The number of rotatable bonds is 9. The normalized spacial score (nSPS) is 21.3. The molecule has 1 fully saturated rings. The van der Waals surface area contributed by atoms with Gasteiger partial charge in [0.15, 0.2) is 0 Å². The van der Waals surface area contributed by atoms with Crippen molar-refractivity contribution in [1.82, 2.24) is 0 Å². The third kappa shape index (κ3) is 6.42. The predicted octanol–water partition coefficient (Wildman–Crippen LogP) is 9.92. The van der Waals surface area contributed by atoms with E-state index < -0.39 is 41.5 Å². The van der Waals surface area contributed by atoms with Crippen molar-refractivity contribution in [2.75, 3.05) is 0 Å². The van der Waals surface area contributed by atoms with Gasteiger partial charge >= 0.3 is 18.3 Å². The third-order valence-electron chi connectivity index (χ3n) is 7.73. The highest BCUT2D eigenvalue weighted by Crippen LogP contribution is 2.53. The van der Waals surface area contributed by atoms with Crippen LogP contribution in [0.15, 0.2) is 54.6 Å². The van der Waals surface area contributed by atoms with Crippen molar-refractivity contribution >= 4 is 27.4 Å². The third-order valence-corrected chi connectivity index (χ3v) is 8.86. The van der Waals surface area contributed by atoms with Gasteiger partial charge in [0.05, 0.1) is 5.56 Å². The molecule has 0 amide bonds. The molecule has 0 bridgehead atoms. The number of esters is 1. The lowest BCUT2D eigenvalue weighted by Crippen LogP contribution is -2.51. The van der Waals surface area contributed by atoms with Crippen LogP contribution < -0.4 is 4.74 Å². The van der Waals surface area contributed by atoms with E-state index in [1.54, 1.807) is 24.3 Å². The molecule has 222 valence electrons. The number of benzene rings is 2. The summed E-state index contributed by atoms with van der Waals surface area (Å²) in [5, 5.41) is 0.649. The number of aryl methyl sites for hydroxylation is 1. The summed E-state index contributed by atoms with van der Waals surface area (Å²) in [6.07, 6.45) is -8.82. The summed E-state index contributed by atoms with van der Waals surface area (Å²) in [6, 6.07) is 10.7. The van der Waals surface area contributed by atoms with Gasteiger partial charge in [-0.3, -0.25) is 0 Å². The average molecular weight is 599 g/mol. The minimum Gasteiger partial charge on any atom is -0.489 e. The Morgan fingerprint density at radius 2 is 1.73 bits per heavy atom. The van der Waals surface area contributed by atoms with Gasteiger partial charge in [0.25, 0.3) is 0 Å². The quantitative estimate of drug-likeness (QED) is 0.106. The van der Waals surface area contributed by atoms with Crippen molar-refractivity contribution < 1.29 is 40.6 Å². The molecule has 0 radical (unpaired) electrons. The largest absolute Gasteiger partial charge is 0.489 e. The molecule has 0 N–H and O–H groups in total. The Hall–Kier alpha value is -3.01. The Morgan fingerprint density at radius 1 is 1.02 bits per heavy atom. The molecule has 1 heterocycles. The molecule has 10 heteroatoms. The smallest absolute Gasteiger partial charge is 0.417 e. The van der Waals surface area contributed by atoms with Crippen LogP contribution in [0.5, 0.6) is 5.75 Å². The molecule has 1 aliphatic carbocycles. The van der Waals surface area contributed by atoms with Crippen molar-refractivity contribution in [3.63, 3.8) is 0 Å². The zero-order chi connectivity index (χ0) is 30.2. The second-order valence-electron chi connectivity index (χ2n) is 10.8. The molecule has 3 unspecified atom stereocenters. The van der Waals surface area contributed by atoms with E-state index in [0.717, 1.165) is 37.5 Å². The number of thiophene rings is 1. The first-order valence-corrected chi connectivity index (χ1v) is 14.3. The molecule has 0 spiro atoms. The van der Waals surface area contributed by atoms with Gasteiger partial charge in [0, 0.05) is 20.7 Å². The zero-order valence-electron chi connectivity index (χ0n) is 23.0. The van der Waals surface area contributed by atoms with Crippen molar-refractivity contribution in [3.8, 4) is 16.2 Å². The molecule has 3 nitrogen and oxygen atoms in total. The van der Waals surface area contributed by atoms with E-state index in [2.05, 4.69) is 6.58 Å². The van der Waals surface area contributed by atoms with E-state index in [9.17, 15) is 31.1 Å². The van der Waals surface area contributed by atoms with Crippen LogP contribution >= 0.6 is 11.3 Å². The van der Waals surface area contributed by atoms with E-state index >= 15 is 0 Å². The van der Waals surface area contributed by atoms with Crippen LogP contribution in [0.2, 0.25) is 0 Å². The van der Waals surface area contributed by atoms with Gasteiger partial charge in [-0.25, -0.2) is 4.79 Å². The van der Waals surface area contributed by atoms with Crippen molar-refractivity contribution in [2.45, 2.75) is 83.9 Å². The molecule has 0 saturated heterocycles. The van der Waals surface area contributed by atoms with Crippen LogP contribution in [-0.4, -0.2) is 24.4 Å². The second-order valence-corrected chi connectivity index (χ2v) is 11.9. The van der Waals surface area contributed by atoms with Crippen LogP contribution in [-0.2, 0) is 22.1 Å². The van der Waals surface area contributed by atoms with Crippen LogP contribution in [0.4, 0.5) is 26.3 Å². The number of ether oxygens (including phenoxy) is 2. The van der Waals surface area contributed by atoms with Crippen LogP contribution in [0.25, 0.3) is 20.5 Å². The summed E-state index contributed by atoms with van der Waals surface area (Å²) < 4.78 is 96.6. The Balaban J connectivity index is 1.62. The van der Waals surface area contributed by atoms with Crippen molar-refractivity contribution in [2.24, 2.45) is 5.41 Å². The molecule has 1 aliphatic rings. The fourth-order valence-electron chi connectivity index (χ4n) is 5.22. The Bertz CT molecular complexity index is 1420. The molecule has 2 aromatic carbocycles. The Labute approximate surface area is 239 Å². The maximum atomic E-state index is 14.3. The van der Waals surface area contributed by atoms with E-state index in [0.29, 0.717) is 26.9 Å². The van der Waals surface area contributed by atoms with Crippen LogP contribution in [0, 0.1) is 5.41 Å². The standard InChI is InChI=1S/C31H32F6O3S/c1-5-6-7-8-19-9-12-22(23(15-19)30(32,33)34)25-16-20-10-11-21(17-24(20)41-25)39-26-13-14-27(40-28(38)18(2)3)29(26,4)31(35,36)37/h9-12,15-17,26-27H,2,5-8,13-14H2,1,3-4H3. The lowest BCUT2D eigenvalue weighted by molar-refractivity contribution is -0.262. The lowest BCUT2D eigenvalue weighted by atomic mass is 9.83. The number of alkyl halides is 6. The molecule has 3 aromatic rings. The number of hydrogen-bond acceptors (Lipinski definition) is 4. The number of unbranched alkanes of at least 4 members (excludes halogenated alkanes) is 2. The van der Waals surface area contributed by atoms with Gasteiger partial charge in [-0.2, -0.15) is 26.3 Å². The molecule has 1 aromatic heterocycles. The maximum absolute atomic E-state index is 14.3. The van der Waals surface area contributed by atoms with Gasteiger partial charge in [-0.15, -0.1) is 11.3 Å². The maximum Gasteiger partial charge on any atom is 0.417 e. The van der Waals surface area contributed by atoms with Gasteiger partial charge in [-0.05, 0) is 80.8 Å². The number of carbonyl (C=O) groups excluding carboxylic acids is 1. The number of hydrogen-bond donors (Lipinski definition) is 0. The highest BCUT2D eigenvalue weighted by atomic mass is 32.1. The molecule has 0 aliphatic heterocycles. The highest BCUT2D eigenvalue weighted by Gasteiger charge is 2.66. The first-order valence-electron chi connectivity index (χ1n) is 13.5. The van der Waals surface area contributed by atoms with E-state index in [1.807, 2.05) is 6.92 Å². The van der Waals surface area contributed by atoms with Crippen molar-refractivity contribution in [3.05, 3.63) is 65.7 Å². The summed E-state index contributed by atoms with van der Waals surface area (Å²) in [5.41, 5.74) is -2.49. The number of carbonyl (C=O) groups is 1. The molecule has 3 atom stereocenters. The summed E-state index contributed by atoms with van der Waals surface area (Å²) >= 11 is 1.12. The van der Waals surface area contributed by atoms with Gasteiger partial charge < -0.3 is 9.47 Å². The van der Waals surface area contributed by atoms with Gasteiger partial charge in [0.2, 0.25) is 0 Å². The van der Waals surface area contributed by atoms with Crippen molar-refractivity contribution in [1.29, 1.82) is 0 Å². The number of halogens is 6. The molecule has 41 heavy (non-hydrogen) atoms. The highest BCUT2D eigenvalue weighted by molar-refractivity contribution is 7.22. The summed E-state index contributed by atoms with van der Waals surface area (Å²) in [5.74, 6) is -0.744. The molecular formula is C31H32F6O3S. The Kier molecular flexibility index (Phi) is 8.83. The first-order chi connectivity index (χ1) is 19.1. The molecule has 4 rings (SSSR count). The Morgan fingerprint density at radius 3 is 2.37 bits per heavy atom. The van der Waals surface area contributed by atoms with E-state index in [4.69, 9.17) is 9.47 Å². The fourth-order valence-corrected chi connectivity index (χ4v) is 6.36. The van der Waals surface area contributed by atoms with Crippen LogP contribution in [0.1, 0.15) is 64.0 Å². The zero-order valence-corrected chi connectivity index (χ0v) is 23.9. The topological polar surface area (TPSA) is 35.5 Å². The monoisotopic (exact) mass is 598 g/mol. The van der Waals surface area contributed by atoms with Gasteiger partial charge in [-0.1, -0.05) is 38.5 Å².